The molecule has 1 saturated heterocycles. The average molecular weight is 390 g/mol. The molecule has 2 unspecified atom stereocenters. The molecule has 0 saturated carbocycles. The Labute approximate surface area is 166 Å². The molecule has 0 aromatic heterocycles. The summed E-state index contributed by atoms with van der Waals surface area (Å²) in [7, 11) is 0. The minimum Gasteiger partial charge on any atom is -0.507 e. The van der Waals surface area contributed by atoms with E-state index in [0.717, 1.165) is 22.3 Å². The fourth-order valence-corrected chi connectivity index (χ4v) is 4.11. The van der Waals surface area contributed by atoms with Crippen molar-refractivity contribution in [2.75, 3.05) is 13.1 Å². The predicted molar refractivity (Wildman–Crippen MR) is 108 cm³/mol. The molecular formula is C22H28ClNO3. The quantitative estimate of drug-likeness (QED) is 0.737. The molecule has 3 N–H and O–H groups in total. The zero-order valence-electron chi connectivity index (χ0n) is 16.1. The molecule has 2 aromatic carbocycles. The van der Waals surface area contributed by atoms with E-state index >= 15 is 0 Å². The summed E-state index contributed by atoms with van der Waals surface area (Å²) in [6.45, 7) is 7.10. The zero-order chi connectivity index (χ0) is 19.8. The van der Waals surface area contributed by atoms with Crippen molar-refractivity contribution in [3.8, 4) is 5.75 Å². The second-order valence-electron chi connectivity index (χ2n) is 7.76. The molecule has 2 aromatic rings. The highest BCUT2D eigenvalue weighted by Crippen LogP contribution is 2.36. The van der Waals surface area contributed by atoms with Gasteiger partial charge in [0, 0.05) is 24.2 Å². The second kappa shape index (κ2) is 7.80. The van der Waals surface area contributed by atoms with Gasteiger partial charge in [-0.05, 0) is 80.1 Å². The van der Waals surface area contributed by atoms with Crippen molar-refractivity contribution in [3.63, 3.8) is 0 Å². The van der Waals surface area contributed by atoms with Gasteiger partial charge in [-0.3, -0.25) is 4.90 Å². The molecule has 1 fully saturated rings. The molecule has 1 aliphatic rings. The summed E-state index contributed by atoms with van der Waals surface area (Å²) in [6.07, 6.45) is 0.572. The first kappa shape index (κ1) is 20.2. The number of aliphatic hydroxyl groups is 2. The standard InChI is InChI=1S/C22H28ClNO3/c1-14-12-17(13-15(2)20(14)25)21(26)16(3)24-10-8-22(27,9-11-24)18-4-6-19(23)7-5-18/h4-7,12-13,16,21,25-27H,8-11H2,1-3H3. The van der Waals surface area contributed by atoms with Gasteiger partial charge in [0.2, 0.25) is 0 Å². The van der Waals surface area contributed by atoms with Crippen molar-refractivity contribution >= 4 is 11.6 Å². The van der Waals surface area contributed by atoms with Gasteiger partial charge in [0.15, 0.2) is 0 Å². The molecule has 0 spiro atoms. The summed E-state index contributed by atoms with van der Waals surface area (Å²) < 4.78 is 0. The molecule has 27 heavy (non-hydrogen) atoms. The number of phenols is 1. The Morgan fingerprint density at radius 3 is 2.07 bits per heavy atom. The Morgan fingerprint density at radius 2 is 1.56 bits per heavy atom. The van der Waals surface area contributed by atoms with Gasteiger partial charge in [-0.2, -0.15) is 0 Å². The largest absolute Gasteiger partial charge is 0.507 e. The molecule has 1 aliphatic heterocycles. The molecule has 3 rings (SSSR count). The minimum absolute atomic E-state index is 0.0805. The van der Waals surface area contributed by atoms with Gasteiger partial charge in [-0.25, -0.2) is 0 Å². The van der Waals surface area contributed by atoms with Crippen LogP contribution in [0.15, 0.2) is 36.4 Å². The Morgan fingerprint density at radius 1 is 1.04 bits per heavy atom. The second-order valence-corrected chi connectivity index (χ2v) is 8.20. The summed E-state index contributed by atoms with van der Waals surface area (Å²) in [5, 5.41) is 32.5. The van der Waals surface area contributed by atoms with E-state index in [1.165, 1.54) is 0 Å². The highest BCUT2D eigenvalue weighted by Gasteiger charge is 2.36. The average Bonchev–Trinajstić information content (AvgIpc) is 2.65. The van der Waals surface area contributed by atoms with Crippen LogP contribution < -0.4 is 0 Å². The van der Waals surface area contributed by atoms with Crippen molar-refractivity contribution in [2.24, 2.45) is 0 Å². The van der Waals surface area contributed by atoms with Gasteiger partial charge in [0.05, 0.1) is 11.7 Å². The van der Waals surface area contributed by atoms with Crippen LogP contribution in [0.2, 0.25) is 5.02 Å². The molecular weight excluding hydrogens is 362 g/mol. The van der Waals surface area contributed by atoms with E-state index in [4.69, 9.17) is 11.6 Å². The van der Waals surface area contributed by atoms with Gasteiger partial charge < -0.3 is 15.3 Å². The Kier molecular flexibility index (Phi) is 5.82. The lowest BCUT2D eigenvalue weighted by atomic mass is 9.83. The van der Waals surface area contributed by atoms with Gasteiger partial charge in [0.1, 0.15) is 5.75 Å². The molecule has 1 heterocycles. The zero-order valence-corrected chi connectivity index (χ0v) is 16.9. The first-order valence-electron chi connectivity index (χ1n) is 9.42. The lowest BCUT2D eigenvalue weighted by Gasteiger charge is -2.42. The van der Waals surface area contributed by atoms with Crippen molar-refractivity contribution in [1.82, 2.24) is 4.90 Å². The van der Waals surface area contributed by atoms with Crippen LogP contribution in [-0.2, 0) is 5.60 Å². The van der Waals surface area contributed by atoms with E-state index < -0.39 is 11.7 Å². The molecule has 2 atom stereocenters. The van der Waals surface area contributed by atoms with E-state index in [2.05, 4.69) is 4.90 Å². The van der Waals surface area contributed by atoms with Crippen LogP contribution in [0.5, 0.6) is 5.75 Å². The summed E-state index contributed by atoms with van der Waals surface area (Å²) in [5.41, 5.74) is 2.40. The monoisotopic (exact) mass is 389 g/mol. The van der Waals surface area contributed by atoms with Crippen molar-refractivity contribution in [1.29, 1.82) is 0 Å². The number of likely N-dealkylation sites (tertiary alicyclic amines) is 1. The number of aromatic hydroxyl groups is 1. The minimum atomic E-state index is -0.850. The maximum absolute atomic E-state index is 11.0. The Balaban J connectivity index is 1.69. The van der Waals surface area contributed by atoms with E-state index in [0.29, 0.717) is 31.0 Å². The van der Waals surface area contributed by atoms with Crippen molar-refractivity contribution in [3.05, 3.63) is 63.7 Å². The smallest absolute Gasteiger partial charge is 0.121 e. The molecule has 0 bridgehead atoms. The predicted octanol–water partition coefficient (Wildman–Crippen LogP) is 4.07. The lowest BCUT2D eigenvalue weighted by molar-refractivity contribution is -0.0501. The van der Waals surface area contributed by atoms with Crippen LogP contribution in [-0.4, -0.2) is 39.4 Å². The Hall–Kier alpha value is -1.59. The number of piperidine rings is 1. The number of aryl methyl sites for hydroxylation is 2. The van der Waals surface area contributed by atoms with E-state index in [1.54, 1.807) is 0 Å². The summed E-state index contributed by atoms with van der Waals surface area (Å²) in [5.74, 6) is 0.282. The van der Waals surface area contributed by atoms with Crippen molar-refractivity contribution < 1.29 is 15.3 Å². The molecule has 0 amide bonds. The highest BCUT2D eigenvalue weighted by molar-refractivity contribution is 6.30. The SMILES string of the molecule is Cc1cc(C(O)C(C)N2CCC(O)(c3ccc(Cl)cc3)CC2)cc(C)c1O. The molecule has 0 aliphatic carbocycles. The van der Waals surface area contributed by atoms with Gasteiger partial charge in [-0.1, -0.05) is 23.7 Å². The van der Waals surface area contributed by atoms with Crippen LogP contribution in [0.4, 0.5) is 0 Å². The number of halogens is 1. The third-order valence-electron chi connectivity index (χ3n) is 5.89. The number of nitrogens with zero attached hydrogens (tertiary/aromatic N) is 1. The summed E-state index contributed by atoms with van der Waals surface area (Å²) in [4.78, 5) is 2.21. The van der Waals surface area contributed by atoms with Crippen molar-refractivity contribution in [2.45, 2.75) is 51.4 Å². The van der Waals surface area contributed by atoms with Gasteiger partial charge in [0.25, 0.3) is 0 Å². The van der Waals surface area contributed by atoms with Crippen LogP contribution in [0.1, 0.15) is 48.1 Å². The number of phenolic OH excluding ortho intramolecular Hbond substituents is 1. The fraction of sp³-hybridized carbons (Fsp3) is 0.455. The molecule has 4 nitrogen and oxygen atoms in total. The van der Waals surface area contributed by atoms with Crippen LogP contribution >= 0.6 is 11.6 Å². The topological polar surface area (TPSA) is 63.9 Å². The summed E-state index contributed by atoms with van der Waals surface area (Å²) in [6, 6.07) is 11.0. The number of benzene rings is 2. The van der Waals surface area contributed by atoms with Crippen LogP contribution in [0, 0.1) is 13.8 Å². The number of hydrogen-bond acceptors (Lipinski definition) is 4. The maximum atomic E-state index is 11.0. The first-order chi connectivity index (χ1) is 12.7. The van der Waals surface area contributed by atoms with Gasteiger partial charge >= 0.3 is 0 Å². The number of aliphatic hydroxyl groups excluding tert-OH is 1. The first-order valence-corrected chi connectivity index (χ1v) is 9.80. The fourth-order valence-electron chi connectivity index (χ4n) is 3.99. The maximum Gasteiger partial charge on any atom is 0.121 e. The van der Waals surface area contributed by atoms with E-state index in [1.807, 2.05) is 57.2 Å². The third kappa shape index (κ3) is 4.14. The Bertz CT molecular complexity index is 775. The highest BCUT2D eigenvalue weighted by atomic mass is 35.5. The lowest BCUT2D eigenvalue weighted by Crippen LogP contribution is -2.47. The van der Waals surface area contributed by atoms with Crippen LogP contribution in [0.3, 0.4) is 0 Å². The number of rotatable bonds is 4. The molecule has 5 heteroatoms. The number of hydrogen-bond donors (Lipinski definition) is 3. The normalized spacial score (nSPS) is 19.6. The van der Waals surface area contributed by atoms with E-state index in [9.17, 15) is 15.3 Å². The van der Waals surface area contributed by atoms with E-state index in [-0.39, 0.29) is 11.8 Å². The summed E-state index contributed by atoms with van der Waals surface area (Å²) >= 11 is 5.95. The molecule has 0 radical (unpaired) electrons. The third-order valence-corrected chi connectivity index (χ3v) is 6.15. The van der Waals surface area contributed by atoms with Crippen LogP contribution in [0.25, 0.3) is 0 Å². The molecule has 146 valence electrons. The van der Waals surface area contributed by atoms with Gasteiger partial charge in [-0.15, -0.1) is 0 Å².